The molecule has 0 fully saturated rings. The summed E-state index contributed by atoms with van der Waals surface area (Å²) in [6.07, 6.45) is 1.84. The van der Waals surface area contributed by atoms with Gasteiger partial charge < -0.3 is 9.47 Å². The van der Waals surface area contributed by atoms with Crippen LogP contribution in [-0.2, 0) is 17.8 Å². The highest BCUT2D eigenvalue weighted by Gasteiger charge is 2.02. The third-order valence-electron chi connectivity index (χ3n) is 4.13. The fourth-order valence-corrected chi connectivity index (χ4v) is 2.67. The van der Waals surface area contributed by atoms with Crippen molar-refractivity contribution >= 4 is 23.7 Å². The van der Waals surface area contributed by atoms with Crippen LogP contribution in [0.5, 0.6) is 11.5 Å². The fraction of sp³-hybridized carbons (Fsp3) is 0.130. The number of benzene rings is 3. The van der Waals surface area contributed by atoms with Gasteiger partial charge in [0.15, 0.2) is 0 Å². The predicted molar refractivity (Wildman–Crippen MR) is 115 cm³/mol. The zero-order chi connectivity index (χ0) is 20.5. The first-order valence-electron chi connectivity index (χ1n) is 9.04. The van der Waals surface area contributed by atoms with Gasteiger partial charge >= 0.3 is 0 Å². The number of hydrogen-bond donors (Lipinski definition) is 1. The van der Waals surface area contributed by atoms with Gasteiger partial charge in [-0.05, 0) is 65.2 Å². The van der Waals surface area contributed by atoms with Crippen LogP contribution in [0.2, 0.25) is 5.02 Å². The van der Waals surface area contributed by atoms with E-state index in [0.717, 1.165) is 28.2 Å². The number of nitrogens with zero attached hydrogens (tertiary/aromatic N) is 1. The number of rotatable bonds is 8. The molecule has 1 N–H and O–H groups in total. The van der Waals surface area contributed by atoms with Gasteiger partial charge in [-0.3, -0.25) is 4.79 Å². The van der Waals surface area contributed by atoms with Gasteiger partial charge in [-0.25, -0.2) is 5.43 Å². The number of hydrazone groups is 1. The van der Waals surface area contributed by atoms with Gasteiger partial charge in [0, 0.05) is 5.02 Å². The van der Waals surface area contributed by atoms with E-state index in [9.17, 15) is 4.79 Å². The number of nitrogens with one attached hydrogen (secondary N) is 1. The Morgan fingerprint density at radius 2 is 1.55 bits per heavy atom. The second-order valence-corrected chi connectivity index (χ2v) is 6.74. The Morgan fingerprint density at radius 3 is 2.21 bits per heavy atom. The molecule has 0 aliphatic rings. The van der Waals surface area contributed by atoms with Gasteiger partial charge in [-0.2, -0.15) is 5.10 Å². The first kappa shape index (κ1) is 20.4. The topological polar surface area (TPSA) is 59.9 Å². The van der Waals surface area contributed by atoms with Crippen molar-refractivity contribution in [2.75, 3.05) is 7.11 Å². The normalized spacial score (nSPS) is 10.7. The highest BCUT2D eigenvalue weighted by Crippen LogP contribution is 2.15. The number of carbonyl (C=O) groups excluding carboxylic acids is 1. The molecular formula is C23H21ClN2O3. The highest BCUT2D eigenvalue weighted by molar-refractivity contribution is 6.30. The van der Waals surface area contributed by atoms with Crippen molar-refractivity contribution in [3.8, 4) is 11.5 Å². The van der Waals surface area contributed by atoms with E-state index >= 15 is 0 Å². The van der Waals surface area contributed by atoms with Crippen molar-refractivity contribution in [1.29, 1.82) is 0 Å². The number of amides is 1. The second-order valence-electron chi connectivity index (χ2n) is 6.30. The van der Waals surface area contributed by atoms with Crippen LogP contribution in [0.4, 0.5) is 0 Å². The summed E-state index contributed by atoms with van der Waals surface area (Å²) in [4.78, 5) is 12.0. The van der Waals surface area contributed by atoms with Gasteiger partial charge in [-0.15, -0.1) is 0 Å². The van der Waals surface area contributed by atoms with Gasteiger partial charge in [-0.1, -0.05) is 35.9 Å². The van der Waals surface area contributed by atoms with Crippen LogP contribution in [0.1, 0.15) is 16.7 Å². The lowest BCUT2D eigenvalue weighted by atomic mass is 10.1. The van der Waals surface area contributed by atoms with Crippen LogP contribution < -0.4 is 14.9 Å². The molecular weight excluding hydrogens is 388 g/mol. The molecule has 0 aliphatic carbocycles. The Bertz CT molecular complexity index is 953. The molecule has 0 bridgehead atoms. The van der Waals surface area contributed by atoms with E-state index in [2.05, 4.69) is 10.5 Å². The summed E-state index contributed by atoms with van der Waals surface area (Å²) >= 11 is 5.88. The smallest absolute Gasteiger partial charge is 0.244 e. The summed E-state index contributed by atoms with van der Waals surface area (Å²) in [7, 11) is 1.61. The number of ether oxygens (including phenoxy) is 2. The first-order chi connectivity index (χ1) is 14.1. The maximum Gasteiger partial charge on any atom is 0.244 e. The Hall–Kier alpha value is -3.31. The molecule has 29 heavy (non-hydrogen) atoms. The van der Waals surface area contributed by atoms with Crippen molar-refractivity contribution in [2.45, 2.75) is 13.0 Å². The highest BCUT2D eigenvalue weighted by atomic mass is 35.5. The van der Waals surface area contributed by atoms with Gasteiger partial charge in [0.25, 0.3) is 0 Å². The monoisotopic (exact) mass is 408 g/mol. The van der Waals surface area contributed by atoms with E-state index in [1.807, 2.05) is 72.8 Å². The van der Waals surface area contributed by atoms with Crippen molar-refractivity contribution in [3.05, 3.63) is 94.5 Å². The first-order valence-corrected chi connectivity index (χ1v) is 9.42. The molecule has 3 rings (SSSR count). The minimum atomic E-state index is -0.186. The predicted octanol–water partition coefficient (Wildman–Crippen LogP) is 4.62. The van der Waals surface area contributed by atoms with Crippen molar-refractivity contribution in [2.24, 2.45) is 5.10 Å². The standard InChI is InChI=1S/C23H21ClN2O3/c1-28-21-10-4-17(5-11-21)14-23(27)26-25-15-18-6-12-22(13-7-18)29-16-19-2-8-20(24)9-3-19/h2-13,15H,14,16H2,1H3,(H,26,27)/b25-15-. The molecule has 3 aromatic carbocycles. The summed E-state index contributed by atoms with van der Waals surface area (Å²) in [5, 5.41) is 4.70. The zero-order valence-electron chi connectivity index (χ0n) is 16.0. The molecule has 0 atom stereocenters. The van der Waals surface area contributed by atoms with Gasteiger partial charge in [0.2, 0.25) is 5.91 Å². The quantitative estimate of drug-likeness (QED) is 0.437. The molecule has 0 aliphatic heterocycles. The largest absolute Gasteiger partial charge is 0.497 e. The van der Waals surface area contributed by atoms with E-state index < -0.39 is 0 Å². The molecule has 1 amide bonds. The number of hydrogen-bond acceptors (Lipinski definition) is 4. The SMILES string of the molecule is COc1ccc(CC(=O)N/N=C\c2ccc(OCc3ccc(Cl)cc3)cc2)cc1. The minimum Gasteiger partial charge on any atom is -0.497 e. The van der Waals surface area contributed by atoms with Crippen molar-refractivity contribution in [1.82, 2.24) is 5.43 Å². The molecule has 0 unspecified atom stereocenters. The van der Waals surface area contributed by atoms with Gasteiger partial charge in [0.05, 0.1) is 19.7 Å². The molecule has 0 heterocycles. The average molecular weight is 409 g/mol. The van der Waals surface area contributed by atoms with E-state index in [1.54, 1.807) is 13.3 Å². The van der Waals surface area contributed by atoms with Crippen LogP contribution in [0.3, 0.4) is 0 Å². The fourth-order valence-electron chi connectivity index (χ4n) is 2.54. The Labute approximate surface area is 174 Å². The average Bonchev–Trinajstić information content (AvgIpc) is 2.75. The maximum atomic E-state index is 12.0. The van der Waals surface area contributed by atoms with Gasteiger partial charge in [0.1, 0.15) is 18.1 Å². The summed E-state index contributed by atoms with van der Waals surface area (Å²) in [6, 6.07) is 22.3. The molecule has 0 saturated heterocycles. The maximum absolute atomic E-state index is 12.0. The molecule has 0 aromatic heterocycles. The van der Waals surface area contributed by atoms with Crippen LogP contribution in [0, 0.1) is 0 Å². The molecule has 6 heteroatoms. The molecule has 0 radical (unpaired) electrons. The van der Waals surface area contributed by atoms with Crippen LogP contribution >= 0.6 is 11.6 Å². The third kappa shape index (κ3) is 6.66. The van der Waals surface area contributed by atoms with Crippen molar-refractivity contribution < 1.29 is 14.3 Å². The zero-order valence-corrected chi connectivity index (χ0v) is 16.7. The number of methoxy groups -OCH3 is 1. The minimum absolute atomic E-state index is 0.186. The van der Waals surface area contributed by atoms with Crippen molar-refractivity contribution in [3.63, 3.8) is 0 Å². The Balaban J connectivity index is 1.45. The van der Waals surface area contributed by atoms with Crippen LogP contribution in [0.15, 0.2) is 77.9 Å². The Morgan fingerprint density at radius 1 is 0.931 bits per heavy atom. The molecule has 3 aromatic rings. The molecule has 148 valence electrons. The summed E-state index contributed by atoms with van der Waals surface area (Å²) in [5.74, 6) is 1.32. The molecule has 0 spiro atoms. The second kappa shape index (κ2) is 10.3. The van der Waals surface area contributed by atoms with E-state index in [4.69, 9.17) is 21.1 Å². The molecule has 0 saturated carbocycles. The third-order valence-corrected chi connectivity index (χ3v) is 4.38. The van der Waals surface area contributed by atoms with E-state index in [-0.39, 0.29) is 12.3 Å². The Kier molecular flexibility index (Phi) is 7.25. The lowest BCUT2D eigenvalue weighted by molar-refractivity contribution is -0.120. The summed E-state index contributed by atoms with van der Waals surface area (Å²) in [5.41, 5.74) is 5.32. The molecule has 5 nitrogen and oxygen atoms in total. The summed E-state index contributed by atoms with van der Waals surface area (Å²) < 4.78 is 10.8. The van der Waals surface area contributed by atoms with Crippen LogP contribution in [-0.4, -0.2) is 19.2 Å². The summed E-state index contributed by atoms with van der Waals surface area (Å²) in [6.45, 7) is 0.464. The van der Waals surface area contributed by atoms with Crippen LogP contribution in [0.25, 0.3) is 0 Å². The number of halogens is 1. The lowest BCUT2D eigenvalue weighted by Gasteiger charge is -2.06. The van der Waals surface area contributed by atoms with E-state index in [1.165, 1.54) is 0 Å². The lowest BCUT2D eigenvalue weighted by Crippen LogP contribution is -2.19. The number of carbonyl (C=O) groups is 1. The van der Waals surface area contributed by atoms with E-state index in [0.29, 0.717) is 11.6 Å².